The average molecular weight is 340 g/mol. The first kappa shape index (κ1) is 15.8. The molecular weight excluding hydrogens is 327 g/mol. The maximum absolute atomic E-state index is 12.9. The summed E-state index contributed by atoms with van der Waals surface area (Å²) in [5.41, 5.74) is 1.47. The fourth-order valence-electron chi connectivity index (χ4n) is 2.35. The third-order valence-corrected chi connectivity index (χ3v) is 3.83. The summed E-state index contributed by atoms with van der Waals surface area (Å²) in [6.45, 7) is 3.98. The number of fused-ring (bicyclic) bond motifs is 1. The predicted octanol–water partition coefficient (Wildman–Crippen LogP) is 5.19. The van der Waals surface area contributed by atoms with Crippen molar-refractivity contribution >= 4 is 17.2 Å². The Labute approximate surface area is 135 Å². The number of hydrogen-bond acceptors (Lipinski definition) is 2. The molecule has 0 aliphatic heterocycles. The lowest BCUT2D eigenvalue weighted by Gasteiger charge is -2.10. The highest BCUT2D eigenvalue weighted by Crippen LogP contribution is 2.33. The van der Waals surface area contributed by atoms with Gasteiger partial charge in [0.2, 0.25) is 0 Å². The maximum atomic E-state index is 12.9. The van der Waals surface area contributed by atoms with Gasteiger partial charge >= 0.3 is 6.18 Å². The van der Waals surface area contributed by atoms with E-state index in [9.17, 15) is 13.2 Å². The van der Waals surface area contributed by atoms with Crippen molar-refractivity contribution in [3.8, 4) is 11.3 Å². The van der Waals surface area contributed by atoms with E-state index in [1.807, 2.05) is 13.8 Å². The molecule has 0 saturated heterocycles. The van der Waals surface area contributed by atoms with Gasteiger partial charge in [0.25, 0.3) is 0 Å². The van der Waals surface area contributed by atoms with Crippen LogP contribution in [0.15, 0.2) is 36.5 Å². The Balaban J connectivity index is 2.19. The summed E-state index contributed by atoms with van der Waals surface area (Å²) in [5, 5.41) is 4.47. The molecular formula is C16H13ClF3N3. The van der Waals surface area contributed by atoms with Crippen molar-refractivity contribution in [3.05, 3.63) is 52.8 Å². The first-order chi connectivity index (χ1) is 10.8. The highest BCUT2D eigenvalue weighted by Gasteiger charge is 2.30. The van der Waals surface area contributed by atoms with E-state index in [-0.39, 0.29) is 5.92 Å². The molecule has 23 heavy (non-hydrogen) atoms. The molecule has 0 aliphatic carbocycles. The van der Waals surface area contributed by atoms with Gasteiger partial charge < -0.3 is 0 Å². The lowest BCUT2D eigenvalue weighted by molar-refractivity contribution is -0.137. The standard InChI is InChI=1S/C16H13ClF3N3/c1-9(2)12-8-21-23-14(17)7-13(22-15(12)23)10-4-3-5-11(6-10)16(18,19)20/h3-9H,1-2H3. The normalized spacial score (nSPS) is 12.3. The van der Waals surface area contributed by atoms with Gasteiger partial charge in [-0.15, -0.1) is 0 Å². The van der Waals surface area contributed by atoms with Crippen LogP contribution in [0.3, 0.4) is 0 Å². The Bertz CT molecular complexity index is 869. The zero-order valence-electron chi connectivity index (χ0n) is 12.4. The fraction of sp³-hybridized carbons (Fsp3) is 0.250. The molecule has 2 heterocycles. The second kappa shape index (κ2) is 5.53. The van der Waals surface area contributed by atoms with Gasteiger partial charge in [0.1, 0.15) is 5.15 Å². The Hall–Kier alpha value is -2.08. The van der Waals surface area contributed by atoms with E-state index in [2.05, 4.69) is 10.1 Å². The molecule has 0 radical (unpaired) electrons. The first-order valence-corrected chi connectivity index (χ1v) is 7.37. The molecule has 3 aromatic rings. The van der Waals surface area contributed by atoms with E-state index in [0.717, 1.165) is 17.7 Å². The van der Waals surface area contributed by atoms with Gasteiger partial charge in [-0.05, 0) is 18.1 Å². The quantitative estimate of drug-likeness (QED) is 0.601. The smallest absolute Gasteiger partial charge is 0.228 e. The number of aromatic nitrogens is 3. The molecule has 0 amide bonds. The zero-order chi connectivity index (χ0) is 16.8. The average Bonchev–Trinajstić information content (AvgIpc) is 2.91. The van der Waals surface area contributed by atoms with Crippen LogP contribution in [0.1, 0.15) is 30.9 Å². The van der Waals surface area contributed by atoms with Crippen LogP contribution in [-0.4, -0.2) is 14.6 Å². The molecule has 3 nitrogen and oxygen atoms in total. The summed E-state index contributed by atoms with van der Waals surface area (Å²) < 4.78 is 40.1. The molecule has 0 atom stereocenters. The van der Waals surface area contributed by atoms with Crippen LogP contribution >= 0.6 is 11.6 Å². The maximum Gasteiger partial charge on any atom is 0.416 e. The van der Waals surface area contributed by atoms with E-state index >= 15 is 0 Å². The van der Waals surface area contributed by atoms with E-state index in [1.165, 1.54) is 16.6 Å². The van der Waals surface area contributed by atoms with E-state index in [1.54, 1.807) is 12.3 Å². The van der Waals surface area contributed by atoms with Crippen LogP contribution in [-0.2, 0) is 6.18 Å². The third-order valence-electron chi connectivity index (χ3n) is 3.56. The van der Waals surface area contributed by atoms with Gasteiger partial charge in [-0.3, -0.25) is 0 Å². The van der Waals surface area contributed by atoms with E-state index in [4.69, 9.17) is 11.6 Å². The van der Waals surface area contributed by atoms with Gasteiger partial charge in [-0.25, -0.2) is 9.50 Å². The molecule has 0 bridgehead atoms. The fourth-order valence-corrected chi connectivity index (χ4v) is 2.58. The Morgan fingerprint density at radius 1 is 1.17 bits per heavy atom. The Morgan fingerprint density at radius 2 is 1.91 bits per heavy atom. The summed E-state index contributed by atoms with van der Waals surface area (Å²) in [7, 11) is 0. The summed E-state index contributed by atoms with van der Waals surface area (Å²) in [5.74, 6) is 0.174. The molecule has 0 N–H and O–H groups in total. The van der Waals surface area contributed by atoms with Crippen LogP contribution in [0.5, 0.6) is 0 Å². The number of alkyl halides is 3. The van der Waals surface area contributed by atoms with Gasteiger partial charge in [0.15, 0.2) is 5.65 Å². The molecule has 0 unspecified atom stereocenters. The predicted molar refractivity (Wildman–Crippen MR) is 82.5 cm³/mol. The van der Waals surface area contributed by atoms with Crippen molar-refractivity contribution < 1.29 is 13.2 Å². The highest BCUT2D eigenvalue weighted by atomic mass is 35.5. The zero-order valence-corrected chi connectivity index (χ0v) is 13.2. The van der Waals surface area contributed by atoms with Crippen molar-refractivity contribution in [3.63, 3.8) is 0 Å². The van der Waals surface area contributed by atoms with Crippen LogP contribution in [0.4, 0.5) is 13.2 Å². The minimum absolute atomic E-state index is 0.174. The number of hydrogen-bond donors (Lipinski definition) is 0. The molecule has 0 fully saturated rings. The van der Waals surface area contributed by atoms with E-state index in [0.29, 0.717) is 22.1 Å². The SMILES string of the molecule is CC(C)c1cnn2c(Cl)cc(-c3cccc(C(F)(F)F)c3)nc12. The third kappa shape index (κ3) is 2.91. The lowest BCUT2D eigenvalue weighted by Crippen LogP contribution is -2.05. The van der Waals surface area contributed by atoms with Crippen molar-refractivity contribution in [1.82, 2.24) is 14.6 Å². The number of benzene rings is 1. The van der Waals surface area contributed by atoms with Crippen LogP contribution in [0.2, 0.25) is 5.15 Å². The second-order valence-electron chi connectivity index (χ2n) is 5.53. The molecule has 7 heteroatoms. The summed E-state index contributed by atoms with van der Waals surface area (Å²) in [4.78, 5) is 4.46. The number of halogens is 4. The molecule has 1 aromatic carbocycles. The monoisotopic (exact) mass is 339 g/mol. The summed E-state index contributed by atoms with van der Waals surface area (Å²) in [6, 6.07) is 6.55. The summed E-state index contributed by atoms with van der Waals surface area (Å²) in [6.07, 6.45) is -2.72. The molecule has 0 saturated carbocycles. The van der Waals surface area contributed by atoms with Gasteiger partial charge in [-0.2, -0.15) is 18.3 Å². The number of rotatable bonds is 2. The molecule has 3 rings (SSSR count). The molecule has 0 spiro atoms. The molecule has 2 aromatic heterocycles. The van der Waals surface area contributed by atoms with Crippen molar-refractivity contribution in [2.45, 2.75) is 25.9 Å². The first-order valence-electron chi connectivity index (χ1n) is 6.99. The second-order valence-corrected chi connectivity index (χ2v) is 5.92. The van der Waals surface area contributed by atoms with Crippen LogP contribution < -0.4 is 0 Å². The molecule has 120 valence electrons. The summed E-state index contributed by atoms with van der Waals surface area (Å²) >= 11 is 6.20. The van der Waals surface area contributed by atoms with E-state index < -0.39 is 11.7 Å². The van der Waals surface area contributed by atoms with Crippen LogP contribution in [0, 0.1) is 0 Å². The van der Waals surface area contributed by atoms with Gasteiger partial charge in [0.05, 0.1) is 17.5 Å². The largest absolute Gasteiger partial charge is 0.416 e. The van der Waals surface area contributed by atoms with Crippen molar-refractivity contribution in [1.29, 1.82) is 0 Å². The van der Waals surface area contributed by atoms with Crippen LogP contribution in [0.25, 0.3) is 16.9 Å². The lowest BCUT2D eigenvalue weighted by atomic mass is 10.1. The Morgan fingerprint density at radius 3 is 2.57 bits per heavy atom. The van der Waals surface area contributed by atoms with Crippen molar-refractivity contribution in [2.75, 3.05) is 0 Å². The highest BCUT2D eigenvalue weighted by molar-refractivity contribution is 6.30. The minimum atomic E-state index is -4.40. The molecule has 0 aliphatic rings. The van der Waals surface area contributed by atoms with Crippen molar-refractivity contribution in [2.24, 2.45) is 0 Å². The Kier molecular flexibility index (Phi) is 3.80. The van der Waals surface area contributed by atoms with Gasteiger partial charge in [0, 0.05) is 17.2 Å². The number of nitrogens with zero attached hydrogens (tertiary/aromatic N) is 3. The minimum Gasteiger partial charge on any atom is -0.228 e. The topological polar surface area (TPSA) is 30.2 Å². The van der Waals surface area contributed by atoms with Gasteiger partial charge in [-0.1, -0.05) is 37.6 Å².